The summed E-state index contributed by atoms with van der Waals surface area (Å²) in [5, 5.41) is 6.58. The zero-order valence-electron chi connectivity index (χ0n) is 16.5. The number of carbonyl (C=O) groups is 1. The highest BCUT2D eigenvalue weighted by molar-refractivity contribution is 6.32. The van der Waals surface area contributed by atoms with E-state index in [0.29, 0.717) is 34.3 Å². The average Bonchev–Trinajstić information content (AvgIpc) is 3.19. The van der Waals surface area contributed by atoms with E-state index in [-0.39, 0.29) is 5.91 Å². The molecule has 7 nitrogen and oxygen atoms in total. The fourth-order valence-electron chi connectivity index (χ4n) is 3.15. The fraction of sp³-hybridized carbons (Fsp3) is 0.136. The summed E-state index contributed by atoms with van der Waals surface area (Å²) in [6, 6.07) is 12.8. The Hall–Kier alpha value is -3.58. The van der Waals surface area contributed by atoms with E-state index in [1.54, 1.807) is 31.6 Å². The van der Waals surface area contributed by atoms with Gasteiger partial charge in [-0.3, -0.25) is 9.20 Å². The number of fused-ring (bicyclic) bond motifs is 1. The van der Waals surface area contributed by atoms with Crippen LogP contribution in [0.5, 0.6) is 5.75 Å². The molecule has 8 heteroatoms. The maximum atomic E-state index is 11.9. The molecule has 0 bridgehead atoms. The lowest BCUT2D eigenvalue weighted by Gasteiger charge is -2.09. The molecule has 2 aromatic heterocycles. The molecule has 0 saturated carbocycles. The molecular weight excluding hydrogens is 402 g/mol. The van der Waals surface area contributed by atoms with Gasteiger partial charge in [0.15, 0.2) is 11.5 Å². The van der Waals surface area contributed by atoms with Crippen LogP contribution in [0.2, 0.25) is 5.02 Å². The number of hydrogen-bond acceptors (Lipinski definition) is 5. The van der Waals surface area contributed by atoms with Gasteiger partial charge in [0.05, 0.1) is 24.0 Å². The predicted octanol–water partition coefficient (Wildman–Crippen LogP) is 4.55. The molecule has 0 spiro atoms. The number of halogens is 1. The van der Waals surface area contributed by atoms with Crippen molar-refractivity contribution in [2.45, 2.75) is 6.92 Å². The third-order valence-corrected chi connectivity index (χ3v) is 4.92. The zero-order chi connectivity index (χ0) is 21.1. The van der Waals surface area contributed by atoms with Crippen molar-refractivity contribution >= 4 is 34.7 Å². The summed E-state index contributed by atoms with van der Waals surface area (Å²) < 4.78 is 7.17. The van der Waals surface area contributed by atoms with Gasteiger partial charge < -0.3 is 15.4 Å². The highest BCUT2D eigenvalue weighted by atomic mass is 35.5. The van der Waals surface area contributed by atoms with Gasteiger partial charge in [-0.05, 0) is 49.4 Å². The van der Waals surface area contributed by atoms with Gasteiger partial charge in [-0.15, -0.1) is 0 Å². The molecule has 0 aliphatic carbocycles. The van der Waals surface area contributed by atoms with E-state index >= 15 is 0 Å². The monoisotopic (exact) mass is 421 g/mol. The summed E-state index contributed by atoms with van der Waals surface area (Å²) in [7, 11) is 1.58. The Bertz CT molecular complexity index is 1200. The van der Waals surface area contributed by atoms with E-state index in [9.17, 15) is 4.79 Å². The Labute approximate surface area is 178 Å². The summed E-state index contributed by atoms with van der Waals surface area (Å²) in [4.78, 5) is 20.9. The van der Waals surface area contributed by atoms with Gasteiger partial charge in [-0.2, -0.15) is 0 Å². The van der Waals surface area contributed by atoms with Crippen LogP contribution < -0.4 is 15.4 Å². The lowest BCUT2D eigenvalue weighted by molar-refractivity contribution is 0.0956. The molecule has 0 radical (unpaired) electrons. The second kappa shape index (κ2) is 8.42. The molecule has 4 aromatic rings. The normalized spacial score (nSPS) is 10.8. The number of nitrogens with zero attached hydrogens (tertiary/aromatic N) is 3. The molecule has 0 saturated heterocycles. The van der Waals surface area contributed by atoms with Crippen molar-refractivity contribution in [3.05, 3.63) is 71.6 Å². The number of ether oxygens (including phenoxy) is 1. The maximum Gasteiger partial charge on any atom is 0.251 e. The van der Waals surface area contributed by atoms with E-state index in [1.165, 1.54) is 0 Å². The van der Waals surface area contributed by atoms with Gasteiger partial charge in [-0.25, -0.2) is 9.97 Å². The summed E-state index contributed by atoms with van der Waals surface area (Å²) in [6.07, 6.45) is 5.33. The largest absolute Gasteiger partial charge is 0.495 e. The minimum Gasteiger partial charge on any atom is -0.495 e. The fourth-order valence-corrected chi connectivity index (χ4v) is 3.41. The quantitative estimate of drug-likeness (QED) is 0.477. The van der Waals surface area contributed by atoms with Gasteiger partial charge >= 0.3 is 0 Å². The number of methoxy groups -OCH3 is 1. The van der Waals surface area contributed by atoms with Crippen molar-refractivity contribution < 1.29 is 9.53 Å². The number of anilines is 2. The van der Waals surface area contributed by atoms with Crippen molar-refractivity contribution in [1.82, 2.24) is 19.7 Å². The van der Waals surface area contributed by atoms with Crippen molar-refractivity contribution in [2.24, 2.45) is 0 Å². The highest BCUT2D eigenvalue weighted by Crippen LogP contribution is 2.31. The van der Waals surface area contributed by atoms with Crippen LogP contribution >= 0.6 is 11.6 Å². The van der Waals surface area contributed by atoms with Gasteiger partial charge in [0.1, 0.15) is 5.75 Å². The first-order valence-electron chi connectivity index (χ1n) is 9.42. The van der Waals surface area contributed by atoms with Crippen LogP contribution in [0.4, 0.5) is 11.5 Å². The lowest BCUT2D eigenvalue weighted by atomic mass is 10.1. The Morgan fingerprint density at radius 2 is 1.97 bits per heavy atom. The zero-order valence-corrected chi connectivity index (χ0v) is 17.3. The van der Waals surface area contributed by atoms with Crippen LogP contribution in [0.1, 0.15) is 17.3 Å². The number of carbonyl (C=O) groups excluding carboxylic acids is 1. The second-order valence-corrected chi connectivity index (χ2v) is 6.93. The van der Waals surface area contributed by atoms with Crippen LogP contribution in [0.25, 0.3) is 16.9 Å². The van der Waals surface area contributed by atoms with E-state index in [1.807, 2.05) is 47.9 Å². The van der Waals surface area contributed by atoms with Crippen molar-refractivity contribution in [3.63, 3.8) is 0 Å². The third kappa shape index (κ3) is 3.79. The third-order valence-electron chi connectivity index (χ3n) is 4.62. The number of hydrogen-bond donors (Lipinski definition) is 2. The molecule has 4 rings (SSSR count). The minimum atomic E-state index is -0.0969. The van der Waals surface area contributed by atoms with Gasteiger partial charge in [0.2, 0.25) is 0 Å². The molecule has 152 valence electrons. The van der Waals surface area contributed by atoms with Crippen molar-refractivity contribution in [3.8, 4) is 17.0 Å². The number of benzene rings is 2. The summed E-state index contributed by atoms with van der Waals surface area (Å²) in [5.74, 6) is 1.13. The molecule has 2 aromatic carbocycles. The molecule has 1 amide bonds. The lowest BCUT2D eigenvalue weighted by Crippen LogP contribution is -2.22. The van der Waals surface area contributed by atoms with Crippen molar-refractivity contribution in [1.29, 1.82) is 0 Å². The Morgan fingerprint density at radius 3 is 2.67 bits per heavy atom. The van der Waals surface area contributed by atoms with E-state index in [2.05, 4.69) is 20.6 Å². The van der Waals surface area contributed by atoms with E-state index < -0.39 is 0 Å². The molecule has 0 aliphatic rings. The first-order chi connectivity index (χ1) is 14.6. The minimum absolute atomic E-state index is 0.0969. The summed E-state index contributed by atoms with van der Waals surface area (Å²) >= 11 is 6.28. The van der Waals surface area contributed by atoms with E-state index in [4.69, 9.17) is 16.3 Å². The molecule has 0 unspecified atom stereocenters. The smallest absolute Gasteiger partial charge is 0.251 e. The molecule has 30 heavy (non-hydrogen) atoms. The van der Waals surface area contributed by atoms with Gasteiger partial charge in [-0.1, -0.05) is 11.6 Å². The first kappa shape index (κ1) is 19.7. The SMILES string of the molecule is CCNC(=O)c1ccc(Nc2nccn3c(-c4ccc(OC)c(Cl)c4)cnc23)cc1. The predicted molar refractivity (Wildman–Crippen MR) is 118 cm³/mol. The average molecular weight is 422 g/mol. The summed E-state index contributed by atoms with van der Waals surface area (Å²) in [6.45, 7) is 2.48. The molecule has 2 N–H and O–H groups in total. The molecule has 0 aliphatic heterocycles. The molecule has 0 fully saturated rings. The number of rotatable bonds is 6. The number of aromatic nitrogens is 3. The van der Waals surface area contributed by atoms with Crippen LogP contribution in [0.3, 0.4) is 0 Å². The van der Waals surface area contributed by atoms with Gasteiger partial charge in [0, 0.05) is 35.8 Å². The van der Waals surface area contributed by atoms with Crippen LogP contribution in [0.15, 0.2) is 61.1 Å². The van der Waals surface area contributed by atoms with Crippen molar-refractivity contribution in [2.75, 3.05) is 19.0 Å². The highest BCUT2D eigenvalue weighted by Gasteiger charge is 2.12. The maximum absolute atomic E-state index is 11.9. The second-order valence-electron chi connectivity index (χ2n) is 6.52. The Balaban J connectivity index is 1.64. The van der Waals surface area contributed by atoms with Crippen LogP contribution in [0, 0.1) is 0 Å². The topological polar surface area (TPSA) is 80.6 Å². The van der Waals surface area contributed by atoms with Crippen LogP contribution in [-0.4, -0.2) is 33.9 Å². The molecular formula is C22H20ClN5O2. The van der Waals surface area contributed by atoms with Gasteiger partial charge in [0.25, 0.3) is 5.91 Å². The first-order valence-corrected chi connectivity index (χ1v) is 9.79. The van der Waals surface area contributed by atoms with Crippen LogP contribution in [-0.2, 0) is 0 Å². The Kier molecular flexibility index (Phi) is 5.54. The van der Waals surface area contributed by atoms with E-state index in [0.717, 1.165) is 16.9 Å². The molecule has 2 heterocycles. The standard InChI is InChI=1S/C22H20ClN5O2/c1-3-24-22(29)14-4-7-16(8-5-14)27-20-21-26-13-18(28(21)11-10-25-20)15-6-9-19(30-2)17(23)12-15/h4-13H,3H2,1-2H3,(H,24,29)(H,25,27). The molecule has 0 atom stereocenters. The number of imidazole rings is 1. The Morgan fingerprint density at radius 1 is 1.17 bits per heavy atom. The number of nitrogens with one attached hydrogen (secondary N) is 2. The summed E-state index contributed by atoms with van der Waals surface area (Å²) in [5.41, 5.74) is 3.88. The number of amides is 1.